The van der Waals surface area contributed by atoms with Gasteiger partial charge in [0, 0.05) is 11.8 Å². The molecule has 0 aromatic rings. The molecule has 1 saturated heterocycles. The molecule has 2 aliphatic rings. The lowest BCUT2D eigenvalue weighted by atomic mass is 9.59. The van der Waals surface area contributed by atoms with Crippen molar-refractivity contribution in [3.05, 3.63) is 12.2 Å². The van der Waals surface area contributed by atoms with E-state index in [1.165, 1.54) is 0 Å². The molecule has 4 heteroatoms. The van der Waals surface area contributed by atoms with E-state index in [4.69, 9.17) is 4.74 Å². The van der Waals surface area contributed by atoms with Crippen LogP contribution in [0.2, 0.25) is 0 Å². The van der Waals surface area contributed by atoms with Crippen molar-refractivity contribution in [1.82, 2.24) is 0 Å². The van der Waals surface area contributed by atoms with Crippen LogP contribution in [0.3, 0.4) is 0 Å². The lowest BCUT2D eigenvalue weighted by Gasteiger charge is -2.49. The molecule has 0 spiro atoms. The van der Waals surface area contributed by atoms with Crippen molar-refractivity contribution in [3.8, 4) is 0 Å². The number of rotatable bonds is 2. The van der Waals surface area contributed by atoms with Crippen molar-refractivity contribution in [3.63, 3.8) is 0 Å². The van der Waals surface area contributed by atoms with Gasteiger partial charge in [-0.25, -0.2) is 0 Å². The average molecular weight is 242 g/mol. The molecule has 2 fully saturated rings. The SMILES string of the molecule is C[C@H](O)/C=C/[C@]1(O)[C@@]2(C)CO[C@@]1(C)C[C@H](O)C2. The van der Waals surface area contributed by atoms with Gasteiger partial charge in [-0.05, 0) is 20.3 Å². The Morgan fingerprint density at radius 3 is 2.53 bits per heavy atom. The van der Waals surface area contributed by atoms with Crippen LogP contribution in [0, 0.1) is 5.41 Å². The molecular formula is C13H22O4. The summed E-state index contributed by atoms with van der Waals surface area (Å²) in [5, 5.41) is 30.1. The van der Waals surface area contributed by atoms with Crippen LogP contribution in [0.5, 0.6) is 0 Å². The number of hydrogen-bond acceptors (Lipinski definition) is 4. The first-order valence-corrected chi connectivity index (χ1v) is 6.14. The first kappa shape index (κ1) is 13.0. The summed E-state index contributed by atoms with van der Waals surface area (Å²) in [5.74, 6) is 0. The molecule has 1 aliphatic heterocycles. The normalized spacial score (nSPS) is 52.0. The Labute approximate surface area is 102 Å². The van der Waals surface area contributed by atoms with Gasteiger partial charge in [0.15, 0.2) is 0 Å². The Morgan fingerprint density at radius 1 is 1.35 bits per heavy atom. The van der Waals surface area contributed by atoms with Crippen LogP contribution >= 0.6 is 0 Å². The lowest BCUT2D eigenvalue weighted by molar-refractivity contribution is -0.150. The molecule has 1 aliphatic carbocycles. The highest BCUT2D eigenvalue weighted by Gasteiger charge is 2.67. The Bertz CT molecular complexity index is 318. The first-order chi connectivity index (χ1) is 7.72. The topological polar surface area (TPSA) is 69.9 Å². The van der Waals surface area contributed by atoms with Crippen molar-refractivity contribution >= 4 is 0 Å². The molecule has 0 amide bonds. The zero-order chi connectivity index (χ0) is 12.9. The van der Waals surface area contributed by atoms with E-state index in [0.717, 1.165) is 0 Å². The first-order valence-electron chi connectivity index (χ1n) is 6.14. The number of fused-ring (bicyclic) bond motifs is 2. The lowest BCUT2D eigenvalue weighted by Crippen LogP contribution is -2.61. The van der Waals surface area contributed by atoms with Crippen molar-refractivity contribution in [2.75, 3.05) is 6.61 Å². The van der Waals surface area contributed by atoms with E-state index in [2.05, 4.69) is 0 Å². The van der Waals surface area contributed by atoms with Gasteiger partial charge < -0.3 is 20.1 Å². The third-order valence-corrected chi connectivity index (χ3v) is 4.36. The van der Waals surface area contributed by atoms with Crippen LogP contribution in [-0.2, 0) is 4.74 Å². The minimum Gasteiger partial charge on any atom is -0.393 e. The van der Waals surface area contributed by atoms with Crippen molar-refractivity contribution in [2.45, 2.75) is 57.0 Å². The van der Waals surface area contributed by atoms with Gasteiger partial charge in [-0.1, -0.05) is 19.1 Å². The number of ether oxygens (including phenoxy) is 1. The van der Waals surface area contributed by atoms with Crippen molar-refractivity contribution < 1.29 is 20.1 Å². The highest BCUT2D eigenvalue weighted by atomic mass is 16.5. The Hall–Kier alpha value is -0.420. The van der Waals surface area contributed by atoms with Gasteiger partial charge in [0.2, 0.25) is 0 Å². The minimum absolute atomic E-state index is 0.420. The number of aliphatic hydroxyl groups excluding tert-OH is 2. The molecule has 2 rings (SSSR count). The standard InChI is InChI=1S/C13H22O4/c1-9(14)4-5-13(16)11(2)6-10(15)7-12(13,3)17-8-11/h4-5,9-10,14-16H,6-8H2,1-3H3/b5-4+/t9-,10+,11+,12-,13-/m0/s1. The molecule has 17 heavy (non-hydrogen) atoms. The third-order valence-electron chi connectivity index (χ3n) is 4.36. The molecule has 0 unspecified atom stereocenters. The Kier molecular flexibility index (Phi) is 2.90. The molecule has 0 radical (unpaired) electrons. The fraction of sp³-hybridized carbons (Fsp3) is 0.846. The molecule has 0 aromatic carbocycles. The third kappa shape index (κ3) is 1.74. The maximum absolute atomic E-state index is 10.9. The fourth-order valence-corrected chi connectivity index (χ4v) is 3.30. The molecular weight excluding hydrogens is 220 g/mol. The van der Waals surface area contributed by atoms with Gasteiger partial charge in [-0.15, -0.1) is 0 Å². The highest BCUT2D eigenvalue weighted by Crippen LogP contribution is 2.57. The van der Waals surface area contributed by atoms with Crippen molar-refractivity contribution in [1.29, 1.82) is 0 Å². The van der Waals surface area contributed by atoms with E-state index in [9.17, 15) is 15.3 Å². The van der Waals surface area contributed by atoms with Gasteiger partial charge in [-0.2, -0.15) is 0 Å². The van der Waals surface area contributed by atoms with Crippen LogP contribution in [-0.4, -0.2) is 45.3 Å². The second kappa shape index (κ2) is 3.79. The summed E-state index contributed by atoms with van der Waals surface area (Å²) in [5.41, 5.74) is -2.40. The summed E-state index contributed by atoms with van der Waals surface area (Å²) in [7, 11) is 0. The zero-order valence-electron chi connectivity index (χ0n) is 10.7. The van der Waals surface area contributed by atoms with Gasteiger partial charge in [0.1, 0.15) is 11.2 Å². The molecule has 98 valence electrons. The summed E-state index contributed by atoms with van der Waals surface area (Å²) >= 11 is 0. The maximum atomic E-state index is 10.9. The van der Waals surface area contributed by atoms with Gasteiger partial charge in [-0.3, -0.25) is 0 Å². The van der Waals surface area contributed by atoms with E-state index < -0.39 is 28.8 Å². The van der Waals surface area contributed by atoms with Crippen LogP contribution in [0.15, 0.2) is 12.2 Å². The second-order valence-electron chi connectivity index (χ2n) is 6.01. The molecule has 0 aromatic heterocycles. The molecule has 3 N–H and O–H groups in total. The summed E-state index contributed by atoms with van der Waals surface area (Å²) < 4.78 is 5.74. The summed E-state index contributed by atoms with van der Waals surface area (Å²) in [6.45, 7) is 5.83. The monoisotopic (exact) mass is 242 g/mol. The van der Waals surface area contributed by atoms with E-state index >= 15 is 0 Å². The molecule has 1 heterocycles. The highest BCUT2D eigenvalue weighted by molar-refractivity contribution is 5.26. The molecule has 2 bridgehead atoms. The van der Waals surface area contributed by atoms with Crippen LogP contribution in [0.25, 0.3) is 0 Å². The largest absolute Gasteiger partial charge is 0.393 e. The number of hydrogen-bond donors (Lipinski definition) is 3. The number of aliphatic hydroxyl groups is 3. The van der Waals surface area contributed by atoms with E-state index in [-0.39, 0.29) is 0 Å². The summed E-state index contributed by atoms with van der Waals surface area (Å²) in [6.07, 6.45) is 3.14. The quantitative estimate of drug-likeness (QED) is 0.620. The van der Waals surface area contributed by atoms with E-state index in [0.29, 0.717) is 19.4 Å². The van der Waals surface area contributed by atoms with Crippen LogP contribution in [0.4, 0.5) is 0 Å². The fourth-order valence-electron chi connectivity index (χ4n) is 3.30. The average Bonchev–Trinajstić information content (AvgIpc) is 2.33. The molecule has 4 nitrogen and oxygen atoms in total. The molecule has 1 saturated carbocycles. The van der Waals surface area contributed by atoms with E-state index in [1.54, 1.807) is 19.1 Å². The van der Waals surface area contributed by atoms with Gasteiger partial charge in [0.05, 0.1) is 18.8 Å². The van der Waals surface area contributed by atoms with Crippen LogP contribution < -0.4 is 0 Å². The smallest absolute Gasteiger partial charge is 0.119 e. The predicted molar refractivity (Wildman–Crippen MR) is 63.5 cm³/mol. The second-order valence-corrected chi connectivity index (χ2v) is 6.01. The van der Waals surface area contributed by atoms with Crippen LogP contribution in [0.1, 0.15) is 33.6 Å². The van der Waals surface area contributed by atoms with Gasteiger partial charge >= 0.3 is 0 Å². The minimum atomic E-state index is -1.13. The van der Waals surface area contributed by atoms with Crippen molar-refractivity contribution in [2.24, 2.45) is 5.41 Å². The predicted octanol–water partition coefficient (Wildman–Crippen LogP) is 0.604. The van der Waals surface area contributed by atoms with Gasteiger partial charge in [0.25, 0.3) is 0 Å². The maximum Gasteiger partial charge on any atom is 0.119 e. The summed E-state index contributed by atoms with van der Waals surface area (Å²) in [4.78, 5) is 0. The van der Waals surface area contributed by atoms with E-state index in [1.807, 2.05) is 13.8 Å². The summed E-state index contributed by atoms with van der Waals surface area (Å²) in [6, 6.07) is 0. The Morgan fingerprint density at radius 2 is 2.00 bits per heavy atom. The Balaban J connectivity index is 2.39. The zero-order valence-corrected chi connectivity index (χ0v) is 10.7. The molecule has 5 atom stereocenters.